The Labute approximate surface area is 130 Å². The molecule has 0 spiro atoms. The molecule has 0 aromatic heterocycles. The van der Waals surface area contributed by atoms with E-state index >= 15 is 0 Å². The number of aliphatic imine (C=N–C) groups is 1. The summed E-state index contributed by atoms with van der Waals surface area (Å²) in [6.45, 7) is 6.95. The number of rotatable bonds is 3. The van der Waals surface area contributed by atoms with Gasteiger partial charge in [0.25, 0.3) is 5.91 Å². The van der Waals surface area contributed by atoms with Crippen molar-refractivity contribution in [2.75, 3.05) is 6.54 Å². The van der Waals surface area contributed by atoms with Gasteiger partial charge in [-0.1, -0.05) is 30.3 Å². The third kappa shape index (κ3) is 4.04. The second-order valence-electron chi connectivity index (χ2n) is 6.08. The van der Waals surface area contributed by atoms with Crippen LogP contribution in [0.25, 0.3) is 6.08 Å². The van der Waals surface area contributed by atoms with Crippen LogP contribution in [0.4, 0.5) is 0 Å². The molecule has 116 valence electrons. The fourth-order valence-corrected chi connectivity index (χ4v) is 2.06. The molecular formula is C17H20N2O3. The quantitative estimate of drug-likeness (QED) is 0.637. The number of hydrogen-bond donors (Lipinski definition) is 0. The Morgan fingerprint density at radius 2 is 1.91 bits per heavy atom. The van der Waals surface area contributed by atoms with E-state index < -0.39 is 11.6 Å². The van der Waals surface area contributed by atoms with Crippen molar-refractivity contribution in [2.45, 2.75) is 33.3 Å². The summed E-state index contributed by atoms with van der Waals surface area (Å²) in [4.78, 5) is 29.8. The summed E-state index contributed by atoms with van der Waals surface area (Å²) in [6.07, 6.45) is 1.71. The summed E-state index contributed by atoms with van der Waals surface area (Å²) in [5.41, 5.74) is 0.641. The molecule has 5 heteroatoms. The van der Waals surface area contributed by atoms with E-state index in [9.17, 15) is 9.59 Å². The van der Waals surface area contributed by atoms with Crippen LogP contribution in [0.1, 0.15) is 33.3 Å². The van der Waals surface area contributed by atoms with Crippen LogP contribution in [0.3, 0.4) is 0 Å². The number of carbonyl (C=O) groups excluding carboxylic acids is 2. The van der Waals surface area contributed by atoms with Gasteiger partial charge in [-0.2, -0.15) is 0 Å². The fraction of sp³-hybridized carbons (Fsp3) is 0.353. The molecule has 1 aliphatic rings. The van der Waals surface area contributed by atoms with E-state index in [4.69, 9.17) is 4.74 Å². The molecule has 0 N–H and O–H groups in total. The van der Waals surface area contributed by atoms with Gasteiger partial charge in [-0.3, -0.25) is 14.5 Å². The number of esters is 1. The van der Waals surface area contributed by atoms with E-state index in [-0.39, 0.29) is 12.5 Å². The zero-order chi connectivity index (χ0) is 16.3. The Morgan fingerprint density at radius 3 is 2.50 bits per heavy atom. The van der Waals surface area contributed by atoms with Crippen molar-refractivity contribution in [1.82, 2.24) is 4.90 Å². The largest absolute Gasteiger partial charge is 0.459 e. The number of amides is 1. The minimum absolute atomic E-state index is 0.127. The van der Waals surface area contributed by atoms with Crippen molar-refractivity contribution in [3.05, 3.63) is 41.6 Å². The average molecular weight is 300 g/mol. The van der Waals surface area contributed by atoms with Gasteiger partial charge in [-0.25, -0.2) is 4.99 Å². The lowest BCUT2D eigenvalue weighted by atomic mass is 10.2. The molecule has 0 radical (unpaired) electrons. The van der Waals surface area contributed by atoms with Crippen LogP contribution in [0.5, 0.6) is 0 Å². The van der Waals surface area contributed by atoms with Gasteiger partial charge in [0.05, 0.1) is 0 Å². The van der Waals surface area contributed by atoms with Crippen LogP contribution < -0.4 is 0 Å². The molecule has 0 unspecified atom stereocenters. The molecule has 2 rings (SSSR count). The number of benzene rings is 1. The highest BCUT2D eigenvalue weighted by Crippen LogP contribution is 2.18. The summed E-state index contributed by atoms with van der Waals surface area (Å²) in [5.74, 6) is -0.235. The highest BCUT2D eigenvalue weighted by molar-refractivity contribution is 6.14. The first kappa shape index (κ1) is 15.9. The van der Waals surface area contributed by atoms with E-state index in [1.807, 2.05) is 30.3 Å². The van der Waals surface area contributed by atoms with Gasteiger partial charge >= 0.3 is 5.97 Å². The van der Waals surface area contributed by atoms with Crippen molar-refractivity contribution in [1.29, 1.82) is 0 Å². The monoisotopic (exact) mass is 300 g/mol. The molecule has 1 amide bonds. The van der Waals surface area contributed by atoms with E-state index in [0.29, 0.717) is 11.5 Å². The van der Waals surface area contributed by atoms with Gasteiger partial charge in [0, 0.05) is 0 Å². The molecule has 1 aliphatic heterocycles. The second-order valence-corrected chi connectivity index (χ2v) is 6.08. The van der Waals surface area contributed by atoms with Crippen LogP contribution in [0.2, 0.25) is 0 Å². The maximum Gasteiger partial charge on any atom is 0.326 e. The Kier molecular flexibility index (Phi) is 4.45. The molecule has 0 aliphatic carbocycles. The summed E-state index contributed by atoms with van der Waals surface area (Å²) >= 11 is 0. The Balaban J connectivity index is 2.11. The standard InChI is InChI=1S/C17H20N2O3/c1-12-18-14(10-13-8-6-5-7-9-13)16(21)19(12)11-15(20)22-17(2,3)4/h5-10H,11H2,1-4H3/b14-10-. The average Bonchev–Trinajstić information content (AvgIpc) is 2.66. The number of nitrogens with zero attached hydrogens (tertiary/aromatic N) is 2. The number of amidine groups is 1. The SMILES string of the molecule is CC1=N/C(=C\c2ccccc2)C(=O)N1CC(=O)OC(C)(C)C. The third-order valence-corrected chi connectivity index (χ3v) is 2.95. The fourth-order valence-electron chi connectivity index (χ4n) is 2.06. The van der Waals surface area contributed by atoms with Gasteiger partial charge < -0.3 is 4.74 Å². The molecular weight excluding hydrogens is 280 g/mol. The number of carbonyl (C=O) groups is 2. The lowest BCUT2D eigenvalue weighted by molar-refractivity contribution is -0.156. The highest BCUT2D eigenvalue weighted by atomic mass is 16.6. The third-order valence-electron chi connectivity index (χ3n) is 2.95. The van der Waals surface area contributed by atoms with Gasteiger partial charge in [-0.15, -0.1) is 0 Å². The van der Waals surface area contributed by atoms with E-state index in [1.165, 1.54) is 4.90 Å². The molecule has 22 heavy (non-hydrogen) atoms. The normalized spacial score (nSPS) is 16.9. The minimum Gasteiger partial charge on any atom is -0.459 e. The van der Waals surface area contributed by atoms with Gasteiger partial charge in [0.2, 0.25) is 0 Å². The molecule has 1 aromatic carbocycles. The predicted molar refractivity (Wildman–Crippen MR) is 85.1 cm³/mol. The number of hydrogen-bond acceptors (Lipinski definition) is 4. The van der Waals surface area contributed by atoms with Crippen LogP contribution in [0, 0.1) is 0 Å². The zero-order valence-electron chi connectivity index (χ0n) is 13.3. The van der Waals surface area contributed by atoms with Crippen molar-refractivity contribution in [3.63, 3.8) is 0 Å². The van der Waals surface area contributed by atoms with E-state index in [2.05, 4.69) is 4.99 Å². The Hall–Kier alpha value is -2.43. The lowest BCUT2D eigenvalue weighted by Gasteiger charge is -2.22. The smallest absolute Gasteiger partial charge is 0.326 e. The molecule has 0 atom stereocenters. The van der Waals surface area contributed by atoms with Crippen LogP contribution in [-0.4, -0.2) is 34.8 Å². The number of ether oxygens (including phenoxy) is 1. The van der Waals surface area contributed by atoms with Crippen molar-refractivity contribution >= 4 is 23.8 Å². The molecule has 5 nitrogen and oxygen atoms in total. The molecule has 1 aromatic rings. The van der Waals surface area contributed by atoms with Crippen molar-refractivity contribution in [3.8, 4) is 0 Å². The van der Waals surface area contributed by atoms with Crippen LogP contribution >= 0.6 is 0 Å². The predicted octanol–water partition coefficient (Wildman–Crippen LogP) is 2.63. The maximum atomic E-state index is 12.4. The molecule has 0 saturated heterocycles. The molecule has 0 fully saturated rings. The first-order valence-electron chi connectivity index (χ1n) is 7.12. The molecule has 0 bridgehead atoms. The van der Waals surface area contributed by atoms with E-state index in [1.54, 1.807) is 33.8 Å². The van der Waals surface area contributed by atoms with Gasteiger partial charge in [0.1, 0.15) is 23.7 Å². The molecule has 0 saturated carbocycles. The van der Waals surface area contributed by atoms with Crippen molar-refractivity contribution in [2.24, 2.45) is 4.99 Å². The topological polar surface area (TPSA) is 59.0 Å². The highest BCUT2D eigenvalue weighted by Gasteiger charge is 2.30. The van der Waals surface area contributed by atoms with Gasteiger partial charge in [-0.05, 0) is 39.3 Å². The summed E-state index contributed by atoms with van der Waals surface area (Å²) in [5, 5.41) is 0. The second kappa shape index (κ2) is 6.13. The summed E-state index contributed by atoms with van der Waals surface area (Å²) in [6, 6.07) is 9.47. The Bertz CT molecular complexity index is 640. The first-order valence-corrected chi connectivity index (χ1v) is 7.12. The van der Waals surface area contributed by atoms with E-state index in [0.717, 1.165) is 5.56 Å². The summed E-state index contributed by atoms with van der Waals surface area (Å²) in [7, 11) is 0. The van der Waals surface area contributed by atoms with Gasteiger partial charge in [0.15, 0.2) is 0 Å². The minimum atomic E-state index is -0.576. The Morgan fingerprint density at radius 1 is 1.27 bits per heavy atom. The lowest BCUT2D eigenvalue weighted by Crippen LogP contribution is -2.38. The zero-order valence-corrected chi connectivity index (χ0v) is 13.3. The van der Waals surface area contributed by atoms with Crippen molar-refractivity contribution < 1.29 is 14.3 Å². The summed E-state index contributed by atoms with van der Waals surface area (Å²) < 4.78 is 5.24. The first-order chi connectivity index (χ1) is 10.3. The van der Waals surface area contributed by atoms with Crippen LogP contribution in [-0.2, 0) is 14.3 Å². The maximum absolute atomic E-state index is 12.4. The van der Waals surface area contributed by atoms with Crippen LogP contribution in [0.15, 0.2) is 41.0 Å². The molecule has 1 heterocycles.